The highest BCUT2D eigenvalue weighted by atomic mass is 32.2. The van der Waals surface area contributed by atoms with Crippen LogP contribution < -0.4 is 10.2 Å². The molecule has 0 aromatic heterocycles. The molecule has 0 atom stereocenters. The summed E-state index contributed by atoms with van der Waals surface area (Å²) in [6, 6.07) is 8.82. The second-order valence-corrected chi connectivity index (χ2v) is 9.51. The molecule has 2 aromatic carbocycles. The van der Waals surface area contributed by atoms with Gasteiger partial charge in [0, 0.05) is 37.1 Å². The molecule has 0 amide bonds. The largest absolute Gasteiger partial charge is 0.384 e. The molecule has 2 nitrogen and oxygen atoms in total. The lowest BCUT2D eigenvalue weighted by Gasteiger charge is -2.32. The SMILES string of the molecule is [2H]C([2H])([2H])C([2H])([2H])Sc1cc(N2CCc3cc(F)ccc3C2)cc(C)c1NCCC(C)(C)C. The van der Waals surface area contributed by atoms with Gasteiger partial charge in [-0.05, 0) is 71.8 Å². The molecule has 152 valence electrons. The molecule has 28 heavy (non-hydrogen) atoms. The van der Waals surface area contributed by atoms with Crippen LogP contribution in [0.1, 0.15) is 57.6 Å². The van der Waals surface area contributed by atoms with E-state index in [4.69, 9.17) is 6.85 Å². The molecule has 0 aliphatic carbocycles. The van der Waals surface area contributed by atoms with Crippen molar-refractivity contribution in [2.75, 3.05) is 29.0 Å². The number of hydrogen-bond acceptors (Lipinski definition) is 3. The van der Waals surface area contributed by atoms with Gasteiger partial charge < -0.3 is 10.2 Å². The number of nitrogens with one attached hydrogen (secondary N) is 1. The number of thioether (sulfide) groups is 1. The maximum Gasteiger partial charge on any atom is 0.123 e. The number of aryl methyl sites for hydroxylation is 1. The van der Waals surface area contributed by atoms with Gasteiger partial charge in [0.15, 0.2) is 0 Å². The maximum absolute atomic E-state index is 13.6. The first-order valence-electron chi connectivity index (χ1n) is 12.3. The molecule has 3 rings (SSSR count). The van der Waals surface area contributed by atoms with Crippen LogP contribution in [0.3, 0.4) is 0 Å². The number of benzene rings is 2. The summed E-state index contributed by atoms with van der Waals surface area (Å²) in [6.07, 6.45) is 1.64. The molecule has 0 spiro atoms. The minimum absolute atomic E-state index is 0.141. The van der Waals surface area contributed by atoms with Crippen molar-refractivity contribution in [3.8, 4) is 0 Å². The van der Waals surface area contributed by atoms with E-state index >= 15 is 0 Å². The number of anilines is 2. The highest BCUT2D eigenvalue weighted by Crippen LogP contribution is 2.36. The fraction of sp³-hybridized carbons (Fsp3) is 0.500. The van der Waals surface area contributed by atoms with E-state index in [1.165, 1.54) is 6.07 Å². The summed E-state index contributed by atoms with van der Waals surface area (Å²) in [5, 5.41) is 3.43. The van der Waals surface area contributed by atoms with E-state index in [0.29, 0.717) is 24.5 Å². The van der Waals surface area contributed by atoms with Crippen molar-refractivity contribution < 1.29 is 11.2 Å². The number of hydrogen-bond donors (Lipinski definition) is 1. The van der Waals surface area contributed by atoms with Crippen molar-refractivity contribution in [3.63, 3.8) is 0 Å². The second kappa shape index (κ2) is 8.77. The van der Waals surface area contributed by atoms with Crippen molar-refractivity contribution in [3.05, 3.63) is 52.8 Å². The van der Waals surface area contributed by atoms with Gasteiger partial charge in [-0.1, -0.05) is 33.7 Å². The Balaban J connectivity index is 1.94. The quantitative estimate of drug-likeness (QED) is 0.541. The Morgan fingerprint density at radius 1 is 1.25 bits per heavy atom. The minimum atomic E-state index is -2.75. The van der Waals surface area contributed by atoms with E-state index in [1.54, 1.807) is 6.07 Å². The van der Waals surface area contributed by atoms with Gasteiger partial charge in [-0.15, -0.1) is 11.8 Å². The van der Waals surface area contributed by atoms with Crippen LogP contribution in [-0.4, -0.2) is 18.8 Å². The van der Waals surface area contributed by atoms with Crippen LogP contribution in [0.2, 0.25) is 0 Å². The van der Waals surface area contributed by atoms with Crippen LogP contribution in [0.5, 0.6) is 0 Å². The third-order valence-electron chi connectivity index (χ3n) is 5.17. The summed E-state index contributed by atoms with van der Waals surface area (Å²) in [7, 11) is 0. The predicted molar refractivity (Wildman–Crippen MR) is 121 cm³/mol. The molecule has 0 bridgehead atoms. The van der Waals surface area contributed by atoms with E-state index in [-0.39, 0.29) is 11.2 Å². The van der Waals surface area contributed by atoms with Crippen molar-refractivity contribution in [2.45, 2.75) is 58.8 Å². The molecule has 0 fully saturated rings. The molecule has 2 aromatic rings. The fourth-order valence-electron chi connectivity index (χ4n) is 3.59. The lowest BCUT2D eigenvalue weighted by atomic mass is 9.92. The van der Waals surface area contributed by atoms with Crippen LogP contribution in [0, 0.1) is 18.2 Å². The summed E-state index contributed by atoms with van der Waals surface area (Å²) >= 11 is 0.749. The van der Waals surface area contributed by atoms with Gasteiger partial charge in [0.05, 0.1) is 5.69 Å². The van der Waals surface area contributed by atoms with Crippen molar-refractivity contribution in [2.24, 2.45) is 5.41 Å². The van der Waals surface area contributed by atoms with Crippen LogP contribution in [0.15, 0.2) is 35.2 Å². The van der Waals surface area contributed by atoms with Crippen molar-refractivity contribution in [1.82, 2.24) is 0 Å². The average Bonchev–Trinajstić information content (AvgIpc) is 2.67. The van der Waals surface area contributed by atoms with Gasteiger partial charge in [0.25, 0.3) is 0 Å². The first-order chi connectivity index (χ1) is 15.2. The molecule has 0 unspecified atom stereocenters. The van der Waals surface area contributed by atoms with Crippen LogP contribution >= 0.6 is 11.8 Å². The van der Waals surface area contributed by atoms with Gasteiger partial charge in [-0.3, -0.25) is 0 Å². The topological polar surface area (TPSA) is 15.3 Å². The monoisotopic (exact) mass is 405 g/mol. The highest BCUT2D eigenvalue weighted by molar-refractivity contribution is 7.99. The minimum Gasteiger partial charge on any atom is -0.384 e. The maximum atomic E-state index is 13.6. The van der Waals surface area contributed by atoms with Gasteiger partial charge in [0.1, 0.15) is 5.82 Å². The summed E-state index contributed by atoms with van der Waals surface area (Å²) < 4.78 is 52.9. The molecule has 1 N–H and O–H groups in total. The zero-order chi connectivity index (χ0) is 24.6. The molecule has 0 radical (unpaired) electrons. The molecule has 0 saturated heterocycles. The first-order valence-corrected chi connectivity index (χ1v) is 10.6. The number of nitrogens with zero attached hydrogens (tertiary/aromatic N) is 1. The van der Waals surface area contributed by atoms with Crippen LogP contribution in [-0.2, 0) is 13.0 Å². The summed E-state index contributed by atoms with van der Waals surface area (Å²) in [5.74, 6) is -0.227. The van der Waals surface area contributed by atoms with Crippen LogP contribution in [0.25, 0.3) is 0 Å². The van der Waals surface area contributed by atoms with E-state index in [2.05, 4.69) is 37.1 Å². The third-order valence-corrected chi connectivity index (χ3v) is 5.81. The molecular formula is C24H33FN2S. The van der Waals surface area contributed by atoms with E-state index in [1.807, 2.05) is 19.1 Å². The zero-order valence-electron chi connectivity index (χ0n) is 22.2. The number of rotatable bonds is 6. The summed E-state index contributed by atoms with van der Waals surface area (Å²) in [4.78, 5) is 2.77. The number of fused-ring (bicyclic) bond motifs is 1. The Hall–Kier alpha value is -1.68. The molecule has 0 saturated carbocycles. The normalized spacial score (nSPS) is 17.8. The van der Waals surface area contributed by atoms with Crippen molar-refractivity contribution >= 4 is 23.1 Å². The summed E-state index contributed by atoms with van der Waals surface area (Å²) in [6.45, 7) is 7.74. The Bertz CT molecular complexity index is 1000. The zero-order valence-corrected chi connectivity index (χ0v) is 18.0. The molecular weight excluding hydrogens is 367 g/mol. The van der Waals surface area contributed by atoms with E-state index in [9.17, 15) is 4.39 Å². The predicted octanol–water partition coefficient (Wildman–Crippen LogP) is 6.66. The van der Waals surface area contributed by atoms with Crippen LogP contribution in [0.4, 0.5) is 15.8 Å². The first kappa shape index (κ1) is 15.2. The number of halogens is 1. The summed E-state index contributed by atoms with van der Waals surface area (Å²) in [5.41, 5.74) is 2.42. The van der Waals surface area contributed by atoms with Gasteiger partial charge in [0.2, 0.25) is 0 Å². The van der Waals surface area contributed by atoms with Gasteiger partial charge in [-0.25, -0.2) is 4.39 Å². The van der Waals surface area contributed by atoms with Gasteiger partial charge in [-0.2, -0.15) is 0 Å². The average molecular weight is 406 g/mol. The third kappa shape index (κ3) is 5.22. The molecule has 4 heteroatoms. The lowest BCUT2D eigenvalue weighted by molar-refractivity contribution is 0.389. The lowest BCUT2D eigenvalue weighted by Crippen LogP contribution is -2.30. The Labute approximate surface area is 180 Å². The smallest absolute Gasteiger partial charge is 0.123 e. The second-order valence-electron chi connectivity index (χ2n) is 8.66. The Kier molecular flexibility index (Phi) is 4.76. The standard InChI is InChI=1S/C24H33FN2S/c1-6-28-22-15-21(13-17(2)23(22)26-11-10-24(3,4)5)27-12-9-18-14-20(25)8-7-19(18)16-27/h7-8,13-15,26H,6,9-12,16H2,1-5H3/i1D3,6D2. The fourth-order valence-corrected chi connectivity index (χ4v) is 4.21. The molecule has 1 heterocycles. The van der Waals surface area contributed by atoms with Crippen molar-refractivity contribution in [1.29, 1.82) is 0 Å². The van der Waals surface area contributed by atoms with Gasteiger partial charge >= 0.3 is 0 Å². The molecule has 1 aliphatic heterocycles. The van der Waals surface area contributed by atoms with E-state index in [0.717, 1.165) is 52.7 Å². The molecule has 1 aliphatic rings. The van der Waals surface area contributed by atoms with E-state index < -0.39 is 12.6 Å². The Morgan fingerprint density at radius 2 is 2.07 bits per heavy atom. The Morgan fingerprint density at radius 3 is 2.82 bits per heavy atom. The highest BCUT2D eigenvalue weighted by Gasteiger charge is 2.19.